The zero-order valence-electron chi connectivity index (χ0n) is 11.8. The number of carbonyl (C=O) groups is 1. The number of aryl methyl sites for hydroxylation is 1. The number of hydrogen-bond donors (Lipinski definition) is 0. The fourth-order valence-corrected chi connectivity index (χ4v) is 1.97. The third-order valence-corrected chi connectivity index (χ3v) is 3.14. The summed E-state index contributed by atoms with van der Waals surface area (Å²) in [5.41, 5.74) is 1.69. The average Bonchev–Trinajstić information content (AvgIpc) is 3.15. The van der Waals surface area contributed by atoms with Gasteiger partial charge in [0.2, 0.25) is 0 Å². The van der Waals surface area contributed by atoms with Gasteiger partial charge in [-0.05, 0) is 36.3 Å². The maximum atomic E-state index is 10.7. The van der Waals surface area contributed by atoms with Crippen molar-refractivity contribution >= 4 is 18.1 Å². The molecule has 0 aliphatic heterocycles. The van der Waals surface area contributed by atoms with E-state index in [2.05, 4.69) is 4.98 Å². The van der Waals surface area contributed by atoms with E-state index in [4.69, 9.17) is 8.83 Å². The van der Waals surface area contributed by atoms with E-state index in [0.29, 0.717) is 23.1 Å². The summed E-state index contributed by atoms with van der Waals surface area (Å²) >= 11 is 0. The number of carboxylic acid groups (broad SMARTS) is 1. The van der Waals surface area contributed by atoms with Crippen molar-refractivity contribution in [3.05, 3.63) is 65.2 Å². The zero-order valence-corrected chi connectivity index (χ0v) is 11.8. The number of aromatic nitrogens is 1. The van der Waals surface area contributed by atoms with Gasteiger partial charge in [0.05, 0.1) is 12.2 Å². The Morgan fingerprint density at radius 1 is 1.18 bits per heavy atom. The lowest BCUT2D eigenvalue weighted by Crippen LogP contribution is -2.21. The fourth-order valence-electron chi connectivity index (χ4n) is 1.97. The summed E-state index contributed by atoms with van der Waals surface area (Å²) in [5.74, 6) is 0.482. The van der Waals surface area contributed by atoms with E-state index in [1.54, 1.807) is 36.6 Å². The Labute approximate surface area is 126 Å². The minimum Gasteiger partial charge on any atom is -0.545 e. The lowest BCUT2D eigenvalue weighted by atomic mass is 10.1. The molecule has 0 saturated heterocycles. The Morgan fingerprint density at radius 2 is 1.95 bits per heavy atom. The van der Waals surface area contributed by atoms with Crippen LogP contribution < -0.4 is 5.11 Å². The minimum atomic E-state index is -1.19. The number of aromatic carboxylic acids is 1. The number of carboxylic acids is 1. The second kappa shape index (κ2) is 5.73. The summed E-state index contributed by atoms with van der Waals surface area (Å²) in [6.07, 6.45) is 5.19. The van der Waals surface area contributed by atoms with Crippen molar-refractivity contribution in [2.45, 2.75) is 6.92 Å². The van der Waals surface area contributed by atoms with Gasteiger partial charge in [-0.25, -0.2) is 4.98 Å². The quantitative estimate of drug-likeness (QED) is 0.739. The van der Waals surface area contributed by atoms with Gasteiger partial charge in [0.25, 0.3) is 5.89 Å². The number of oxazole rings is 1. The molecule has 0 unspecified atom stereocenters. The van der Waals surface area contributed by atoms with E-state index in [0.717, 1.165) is 5.56 Å². The first kappa shape index (κ1) is 13.9. The molecule has 0 N–H and O–H groups in total. The van der Waals surface area contributed by atoms with Crippen molar-refractivity contribution in [1.29, 1.82) is 0 Å². The predicted octanol–water partition coefficient (Wildman–Crippen LogP) is 2.78. The molecule has 0 saturated carbocycles. The Kier molecular flexibility index (Phi) is 3.62. The standard InChI is InChI=1S/C17H13NO4/c1-11-14(18-16(22-11)15-3-2-10-21-15)9-6-12-4-7-13(8-5-12)17(19)20/h2-10H,1H3,(H,19,20)/p-1/b9-6+. The van der Waals surface area contributed by atoms with Gasteiger partial charge in [0.15, 0.2) is 5.76 Å². The second-order valence-electron chi connectivity index (χ2n) is 4.68. The Balaban J connectivity index is 1.82. The maximum absolute atomic E-state index is 10.7. The van der Waals surface area contributed by atoms with Crippen molar-refractivity contribution in [3.63, 3.8) is 0 Å². The highest BCUT2D eigenvalue weighted by Crippen LogP contribution is 2.23. The van der Waals surface area contributed by atoms with Gasteiger partial charge in [0.1, 0.15) is 11.5 Å². The molecule has 0 aliphatic carbocycles. The topological polar surface area (TPSA) is 79.3 Å². The van der Waals surface area contributed by atoms with Gasteiger partial charge in [-0.1, -0.05) is 30.3 Å². The first-order chi connectivity index (χ1) is 10.6. The molecule has 1 aromatic carbocycles. The van der Waals surface area contributed by atoms with E-state index in [1.165, 1.54) is 12.1 Å². The third-order valence-electron chi connectivity index (χ3n) is 3.14. The van der Waals surface area contributed by atoms with Crippen molar-refractivity contribution in [2.75, 3.05) is 0 Å². The largest absolute Gasteiger partial charge is 0.545 e. The van der Waals surface area contributed by atoms with Crippen LogP contribution in [-0.2, 0) is 0 Å². The van der Waals surface area contributed by atoms with Gasteiger partial charge in [-0.3, -0.25) is 0 Å². The molecule has 0 amide bonds. The van der Waals surface area contributed by atoms with Crippen molar-refractivity contribution in [3.8, 4) is 11.7 Å². The molecule has 0 spiro atoms. The Bertz CT molecular complexity index is 811. The number of hydrogen-bond acceptors (Lipinski definition) is 5. The molecule has 2 aromatic heterocycles. The van der Waals surface area contributed by atoms with E-state index in [9.17, 15) is 9.90 Å². The van der Waals surface area contributed by atoms with Gasteiger partial charge in [0, 0.05) is 0 Å². The summed E-state index contributed by atoms with van der Waals surface area (Å²) in [5, 5.41) is 10.7. The number of nitrogens with zero attached hydrogens (tertiary/aromatic N) is 1. The van der Waals surface area contributed by atoms with Gasteiger partial charge < -0.3 is 18.7 Å². The Morgan fingerprint density at radius 3 is 2.59 bits per heavy atom. The molecule has 0 bridgehead atoms. The lowest BCUT2D eigenvalue weighted by Gasteiger charge is -2.01. The molecule has 0 radical (unpaired) electrons. The van der Waals surface area contributed by atoms with E-state index >= 15 is 0 Å². The molecule has 0 aliphatic rings. The number of carbonyl (C=O) groups excluding carboxylic acids is 1. The molecule has 22 heavy (non-hydrogen) atoms. The lowest BCUT2D eigenvalue weighted by molar-refractivity contribution is -0.255. The van der Waals surface area contributed by atoms with Crippen LogP contribution in [0.25, 0.3) is 23.8 Å². The van der Waals surface area contributed by atoms with Gasteiger partial charge >= 0.3 is 0 Å². The molecule has 110 valence electrons. The summed E-state index contributed by atoms with van der Waals surface area (Å²) in [6.45, 7) is 1.82. The SMILES string of the molecule is Cc1oc(-c2ccco2)nc1/C=C/c1ccc(C(=O)[O-])cc1. The van der Waals surface area contributed by atoms with Crippen LogP contribution in [0.5, 0.6) is 0 Å². The molecule has 5 heteroatoms. The zero-order chi connectivity index (χ0) is 15.5. The normalized spacial score (nSPS) is 11.1. The highest BCUT2D eigenvalue weighted by Gasteiger charge is 2.11. The molecular weight excluding hydrogens is 282 g/mol. The summed E-state index contributed by atoms with van der Waals surface area (Å²) in [7, 11) is 0. The summed E-state index contributed by atoms with van der Waals surface area (Å²) in [4.78, 5) is 15.1. The predicted molar refractivity (Wildman–Crippen MR) is 78.6 cm³/mol. The number of rotatable bonds is 4. The second-order valence-corrected chi connectivity index (χ2v) is 4.68. The van der Waals surface area contributed by atoms with Crippen LogP contribution in [0.3, 0.4) is 0 Å². The first-order valence-corrected chi connectivity index (χ1v) is 6.64. The van der Waals surface area contributed by atoms with Crippen LogP contribution in [0.15, 0.2) is 51.5 Å². The Hall–Kier alpha value is -3.08. The number of benzene rings is 1. The molecule has 0 fully saturated rings. The van der Waals surface area contributed by atoms with Crippen LogP contribution in [-0.4, -0.2) is 11.0 Å². The van der Waals surface area contributed by atoms with E-state index < -0.39 is 5.97 Å². The van der Waals surface area contributed by atoms with E-state index in [1.807, 2.05) is 13.0 Å². The molecule has 5 nitrogen and oxygen atoms in total. The van der Waals surface area contributed by atoms with Crippen LogP contribution in [0.2, 0.25) is 0 Å². The van der Waals surface area contributed by atoms with Gasteiger partial charge in [-0.15, -0.1) is 0 Å². The summed E-state index contributed by atoms with van der Waals surface area (Å²) in [6, 6.07) is 9.94. The minimum absolute atomic E-state index is 0.148. The van der Waals surface area contributed by atoms with E-state index in [-0.39, 0.29) is 5.56 Å². The highest BCUT2D eigenvalue weighted by atomic mass is 16.4. The average molecular weight is 294 g/mol. The number of furan rings is 1. The van der Waals surface area contributed by atoms with Crippen LogP contribution in [0.4, 0.5) is 0 Å². The summed E-state index contributed by atoms with van der Waals surface area (Å²) < 4.78 is 10.8. The first-order valence-electron chi connectivity index (χ1n) is 6.64. The molecule has 0 atom stereocenters. The van der Waals surface area contributed by atoms with Crippen LogP contribution >= 0.6 is 0 Å². The van der Waals surface area contributed by atoms with Crippen LogP contribution in [0.1, 0.15) is 27.4 Å². The molecule has 3 aromatic rings. The smallest absolute Gasteiger partial charge is 0.263 e. The fraction of sp³-hybridized carbons (Fsp3) is 0.0588. The van der Waals surface area contributed by atoms with Crippen molar-refractivity contribution in [1.82, 2.24) is 4.98 Å². The molecule has 2 heterocycles. The van der Waals surface area contributed by atoms with Crippen LogP contribution in [0, 0.1) is 6.92 Å². The van der Waals surface area contributed by atoms with Crippen molar-refractivity contribution < 1.29 is 18.7 Å². The monoisotopic (exact) mass is 294 g/mol. The molecule has 3 rings (SSSR count). The molecular formula is C17H12NO4-. The third kappa shape index (κ3) is 2.83. The highest BCUT2D eigenvalue weighted by molar-refractivity contribution is 5.86. The van der Waals surface area contributed by atoms with Gasteiger partial charge in [-0.2, -0.15) is 0 Å². The maximum Gasteiger partial charge on any atom is 0.263 e. The van der Waals surface area contributed by atoms with Crippen molar-refractivity contribution in [2.24, 2.45) is 0 Å².